The van der Waals surface area contributed by atoms with Gasteiger partial charge in [-0.3, -0.25) is 0 Å². The van der Waals surface area contributed by atoms with Gasteiger partial charge in [-0.15, -0.1) is 0 Å². The molecule has 1 unspecified atom stereocenters. The average molecular weight is 212 g/mol. The van der Waals surface area contributed by atoms with Gasteiger partial charge in [-0.2, -0.15) is 0 Å². The second-order valence-electron chi connectivity index (χ2n) is 3.61. The second-order valence-corrected chi connectivity index (χ2v) is 4.04. The van der Waals surface area contributed by atoms with Gasteiger partial charge in [0, 0.05) is 16.6 Å². The molecule has 0 spiro atoms. The highest BCUT2D eigenvalue weighted by molar-refractivity contribution is 6.30. The number of ether oxygens (including phenoxy) is 1. The van der Waals surface area contributed by atoms with Gasteiger partial charge in [-0.25, -0.2) is 0 Å². The minimum absolute atomic E-state index is 0.353. The van der Waals surface area contributed by atoms with E-state index >= 15 is 0 Å². The Bertz CT molecular complexity index is 334. The standard InChI is InChI=1S/C11H14ClNO/c1-7-11-8(3-4-13-7)5-9(12)6-10(11)14-2/h5-7,13H,3-4H2,1-2H3. The van der Waals surface area contributed by atoms with Crippen molar-refractivity contribution in [2.45, 2.75) is 19.4 Å². The second kappa shape index (κ2) is 3.79. The number of rotatable bonds is 1. The molecule has 1 aliphatic heterocycles. The summed E-state index contributed by atoms with van der Waals surface area (Å²) in [6, 6.07) is 4.27. The molecule has 1 aromatic rings. The van der Waals surface area contributed by atoms with E-state index in [1.807, 2.05) is 12.1 Å². The van der Waals surface area contributed by atoms with Crippen LogP contribution < -0.4 is 10.1 Å². The van der Waals surface area contributed by atoms with E-state index in [1.54, 1.807) is 7.11 Å². The predicted octanol–water partition coefficient (Wildman–Crippen LogP) is 2.56. The lowest BCUT2D eigenvalue weighted by molar-refractivity contribution is 0.396. The van der Waals surface area contributed by atoms with E-state index < -0.39 is 0 Å². The molecule has 1 heterocycles. The molecule has 1 aliphatic rings. The maximum absolute atomic E-state index is 6.01. The van der Waals surface area contributed by atoms with E-state index in [1.165, 1.54) is 11.1 Å². The van der Waals surface area contributed by atoms with Crippen LogP contribution in [-0.2, 0) is 6.42 Å². The third-order valence-corrected chi connectivity index (χ3v) is 2.91. The van der Waals surface area contributed by atoms with E-state index in [0.717, 1.165) is 23.7 Å². The first-order chi connectivity index (χ1) is 6.72. The number of hydrogen-bond acceptors (Lipinski definition) is 2. The Morgan fingerprint density at radius 1 is 1.50 bits per heavy atom. The van der Waals surface area contributed by atoms with Crippen molar-refractivity contribution in [1.82, 2.24) is 5.32 Å². The van der Waals surface area contributed by atoms with Crippen LogP contribution in [0.25, 0.3) is 0 Å². The molecule has 2 rings (SSSR count). The molecule has 3 heteroatoms. The van der Waals surface area contributed by atoms with Crippen molar-refractivity contribution in [2.24, 2.45) is 0 Å². The van der Waals surface area contributed by atoms with Crippen LogP contribution in [0.15, 0.2) is 12.1 Å². The summed E-state index contributed by atoms with van der Waals surface area (Å²) in [5.74, 6) is 0.896. The first kappa shape index (κ1) is 9.81. The Kier molecular flexibility index (Phi) is 2.66. The van der Waals surface area contributed by atoms with Gasteiger partial charge in [-0.05, 0) is 37.6 Å². The smallest absolute Gasteiger partial charge is 0.125 e. The van der Waals surface area contributed by atoms with Crippen molar-refractivity contribution in [1.29, 1.82) is 0 Å². The van der Waals surface area contributed by atoms with E-state index in [2.05, 4.69) is 12.2 Å². The normalized spacial score (nSPS) is 20.4. The van der Waals surface area contributed by atoms with E-state index in [4.69, 9.17) is 16.3 Å². The molecule has 0 saturated heterocycles. The van der Waals surface area contributed by atoms with Crippen LogP contribution in [0, 0.1) is 0 Å². The molecule has 0 fully saturated rings. The summed E-state index contributed by atoms with van der Waals surface area (Å²) in [5, 5.41) is 4.17. The molecule has 2 nitrogen and oxygen atoms in total. The predicted molar refractivity (Wildman–Crippen MR) is 58.1 cm³/mol. The van der Waals surface area contributed by atoms with Gasteiger partial charge in [-0.1, -0.05) is 11.6 Å². The molecule has 0 bridgehead atoms. The molecule has 14 heavy (non-hydrogen) atoms. The largest absolute Gasteiger partial charge is 0.496 e. The van der Waals surface area contributed by atoms with Crippen molar-refractivity contribution in [3.05, 3.63) is 28.3 Å². The number of hydrogen-bond donors (Lipinski definition) is 1. The zero-order chi connectivity index (χ0) is 10.1. The molecule has 1 aromatic carbocycles. The molecule has 0 aromatic heterocycles. The lowest BCUT2D eigenvalue weighted by Crippen LogP contribution is -2.28. The monoisotopic (exact) mass is 211 g/mol. The van der Waals surface area contributed by atoms with Crippen LogP contribution in [0.1, 0.15) is 24.1 Å². The molecule has 1 N–H and O–H groups in total. The van der Waals surface area contributed by atoms with E-state index in [0.29, 0.717) is 6.04 Å². The number of fused-ring (bicyclic) bond motifs is 1. The third kappa shape index (κ3) is 1.60. The summed E-state index contributed by atoms with van der Waals surface area (Å²) in [7, 11) is 1.69. The van der Waals surface area contributed by atoms with Gasteiger partial charge in [0.15, 0.2) is 0 Å². The maximum Gasteiger partial charge on any atom is 0.125 e. The summed E-state index contributed by atoms with van der Waals surface area (Å²) in [4.78, 5) is 0. The van der Waals surface area contributed by atoms with Gasteiger partial charge >= 0.3 is 0 Å². The Morgan fingerprint density at radius 2 is 2.29 bits per heavy atom. The maximum atomic E-state index is 6.01. The van der Waals surface area contributed by atoms with Crippen LogP contribution in [0.4, 0.5) is 0 Å². The number of methoxy groups -OCH3 is 1. The van der Waals surface area contributed by atoms with Gasteiger partial charge in [0.05, 0.1) is 7.11 Å². The van der Waals surface area contributed by atoms with Crippen LogP contribution in [0.5, 0.6) is 5.75 Å². The fourth-order valence-electron chi connectivity index (χ4n) is 2.04. The third-order valence-electron chi connectivity index (χ3n) is 2.69. The molecule has 0 aliphatic carbocycles. The lowest BCUT2D eigenvalue weighted by Gasteiger charge is -2.26. The molecule has 1 atom stereocenters. The van der Waals surface area contributed by atoms with Crippen LogP contribution >= 0.6 is 11.6 Å². The molecule has 0 amide bonds. The van der Waals surface area contributed by atoms with Crippen LogP contribution in [0.3, 0.4) is 0 Å². The fourth-order valence-corrected chi connectivity index (χ4v) is 2.27. The first-order valence-electron chi connectivity index (χ1n) is 4.82. The van der Waals surface area contributed by atoms with Gasteiger partial charge < -0.3 is 10.1 Å². The zero-order valence-corrected chi connectivity index (χ0v) is 9.19. The quantitative estimate of drug-likeness (QED) is 0.771. The summed E-state index contributed by atoms with van der Waals surface area (Å²) in [6.45, 7) is 3.16. The van der Waals surface area contributed by atoms with Gasteiger partial charge in [0.2, 0.25) is 0 Å². The Morgan fingerprint density at radius 3 is 3.00 bits per heavy atom. The minimum Gasteiger partial charge on any atom is -0.496 e. The molecule has 76 valence electrons. The SMILES string of the molecule is COc1cc(Cl)cc2c1C(C)NCC2. The number of halogens is 1. The van der Waals surface area contributed by atoms with Crippen molar-refractivity contribution in [3.8, 4) is 5.75 Å². The number of nitrogens with one attached hydrogen (secondary N) is 1. The molecular formula is C11H14ClNO. The van der Waals surface area contributed by atoms with Gasteiger partial charge in [0.25, 0.3) is 0 Å². The van der Waals surface area contributed by atoms with Crippen molar-refractivity contribution in [3.63, 3.8) is 0 Å². The average Bonchev–Trinajstić information content (AvgIpc) is 2.16. The first-order valence-corrected chi connectivity index (χ1v) is 5.20. The topological polar surface area (TPSA) is 21.3 Å². The molecule has 0 radical (unpaired) electrons. The highest BCUT2D eigenvalue weighted by atomic mass is 35.5. The van der Waals surface area contributed by atoms with Crippen LogP contribution in [-0.4, -0.2) is 13.7 Å². The van der Waals surface area contributed by atoms with Crippen molar-refractivity contribution >= 4 is 11.6 Å². The fraction of sp³-hybridized carbons (Fsp3) is 0.455. The number of benzene rings is 1. The Hall–Kier alpha value is -0.730. The molecular weight excluding hydrogens is 198 g/mol. The Labute approximate surface area is 89.2 Å². The summed E-state index contributed by atoms with van der Waals surface area (Å²) in [6.07, 6.45) is 1.02. The summed E-state index contributed by atoms with van der Waals surface area (Å²) >= 11 is 6.01. The minimum atomic E-state index is 0.353. The van der Waals surface area contributed by atoms with E-state index in [9.17, 15) is 0 Å². The van der Waals surface area contributed by atoms with Crippen molar-refractivity contribution in [2.75, 3.05) is 13.7 Å². The van der Waals surface area contributed by atoms with Crippen LogP contribution in [0.2, 0.25) is 5.02 Å². The lowest BCUT2D eigenvalue weighted by atomic mass is 9.94. The van der Waals surface area contributed by atoms with Gasteiger partial charge in [0.1, 0.15) is 5.75 Å². The summed E-state index contributed by atoms with van der Waals surface area (Å²) in [5.41, 5.74) is 2.56. The van der Waals surface area contributed by atoms with E-state index in [-0.39, 0.29) is 0 Å². The van der Waals surface area contributed by atoms with Crippen molar-refractivity contribution < 1.29 is 4.74 Å². The summed E-state index contributed by atoms with van der Waals surface area (Å²) < 4.78 is 5.34. The Balaban J connectivity index is 2.55. The molecule has 0 saturated carbocycles. The highest BCUT2D eigenvalue weighted by Crippen LogP contribution is 2.34. The zero-order valence-electron chi connectivity index (χ0n) is 8.43. The highest BCUT2D eigenvalue weighted by Gasteiger charge is 2.20.